The summed E-state index contributed by atoms with van der Waals surface area (Å²) in [5, 5.41) is 1.72. The molecule has 7 heteroatoms. The Bertz CT molecular complexity index is 718. The van der Waals surface area contributed by atoms with Gasteiger partial charge in [-0.2, -0.15) is 0 Å². The third-order valence-corrected chi connectivity index (χ3v) is 4.35. The summed E-state index contributed by atoms with van der Waals surface area (Å²) in [6, 6.07) is 6.72. The monoisotopic (exact) mass is 378 g/mol. The van der Waals surface area contributed by atoms with Crippen LogP contribution < -0.4 is 9.47 Å². The predicted molar refractivity (Wildman–Crippen MR) is 87.5 cm³/mol. The van der Waals surface area contributed by atoms with Crippen LogP contribution in [0.25, 0.3) is 0 Å². The Kier molecular flexibility index (Phi) is 4.91. The van der Waals surface area contributed by atoms with E-state index in [1.54, 1.807) is 18.2 Å². The first kappa shape index (κ1) is 16.0. The first-order valence-electron chi connectivity index (χ1n) is 6.34. The zero-order valence-corrected chi connectivity index (χ0v) is 14.2. The smallest absolute Gasteiger partial charge is 0.189 e. The second-order valence-electron chi connectivity index (χ2n) is 4.65. The molecule has 0 fully saturated rings. The molecular formula is C15H10Cl4O3. The van der Waals surface area contributed by atoms with E-state index in [0.29, 0.717) is 32.4 Å². The first-order valence-corrected chi connectivity index (χ1v) is 7.85. The Labute approximate surface area is 147 Å². The van der Waals surface area contributed by atoms with Gasteiger partial charge in [-0.1, -0.05) is 46.4 Å². The number of fused-ring (bicyclic) bond motifs is 1. The molecule has 0 atom stereocenters. The molecule has 0 bridgehead atoms. The number of benzene rings is 2. The summed E-state index contributed by atoms with van der Waals surface area (Å²) in [4.78, 5) is 0. The van der Waals surface area contributed by atoms with Crippen molar-refractivity contribution in [2.75, 3.05) is 6.79 Å². The van der Waals surface area contributed by atoms with Crippen molar-refractivity contribution in [2.45, 2.75) is 13.2 Å². The maximum atomic E-state index is 6.11. The van der Waals surface area contributed by atoms with Crippen molar-refractivity contribution in [1.82, 2.24) is 0 Å². The first-order chi connectivity index (χ1) is 10.5. The molecule has 0 unspecified atom stereocenters. The minimum absolute atomic E-state index is 0.204. The van der Waals surface area contributed by atoms with Gasteiger partial charge in [-0.05, 0) is 18.2 Å². The zero-order valence-electron chi connectivity index (χ0n) is 11.2. The van der Waals surface area contributed by atoms with Crippen molar-refractivity contribution >= 4 is 46.4 Å². The highest BCUT2D eigenvalue weighted by atomic mass is 35.5. The van der Waals surface area contributed by atoms with Crippen LogP contribution in [0, 0.1) is 0 Å². The number of halogens is 4. The molecule has 3 nitrogen and oxygen atoms in total. The fourth-order valence-electron chi connectivity index (χ4n) is 2.13. The highest BCUT2D eigenvalue weighted by molar-refractivity contribution is 6.43. The minimum Gasteiger partial charge on any atom is -0.487 e. The fraction of sp³-hybridized carbons (Fsp3) is 0.200. The van der Waals surface area contributed by atoms with Crippen LogP contribution in [0.15, 0.2) is 24.3 Å². The Balaban J connectivity index is 1.85. The lowest BCUT2D eigenvalue weighted by molar-refractivity contribution is -0.0175. The molecule has 0 saturated carbocycles. The normalized spacial score (nSPS) is 13.5. The third kappa shape index (κ3) is 3.39. The number of ether oxygens (including phenoxy) is 3. The molecule has 0 spiro atoms. The van der Waals surface area contributed by atoms with E-state index in [0.717, 1.165) is 16.9 Å². The summed E-state index contributed by atoms with van der Waals surface area (Å²) >= 11 is 24.1. The lowest BCUT2D eigenvalue weighted by Gasteiger charge is -2.21. The van der Waals surface area contributed by atoms with Gasteiger partial charge in [0, 0.05) is 22.2 Å². The van der Waals surface area contributed by atoms with Gasteiger partial charge in [0.25, 0.3) is 0 Å². The van der Waals surface area contributed by atoms with Crippen LogP contribution in [0.5, 0.6) is 11.5 Å². The van der Waals surface area contributed by atoms with Crippen molar-refractivity contribution in [1.29, 1.82) is 0 Å². The summed E-state index contributed by atoms with van der Waals surface area (Å²) in [6.07, 6.45) is 0. The lowest BCUT2D eigenvalue weighted by Crippen LogP contribution is -2.14. The highest BCUT2D eigenvalue weighted by Crippen LogP contribution is 2.36. The number of rotatable bonds is 3. The van der Waals surface area contributed by atoms with E-state index in [4.69, 9.17) is 60.6 Å². The molecule has 2 aromatic carbocycles. The predicted octanol–water partition coefficient (Wildman–Crippen LogP) is 5.75. The van der Waals surface area contributed by atoms with Crippen molar-refractivity contribution < 1.29 is 14.2 Å². The maximum Gasteiger partial charge on any atom is 0.189 e. The van der Waals surface area contributed by atoms with Crippen LogP contribution in [0.3, 0.4) is 0 Å². The van der Waals surface area contributed by atoms with Crippen LogP contribution in [-0.4, -0.2) is 6.79 Å². The Hall–Kier alpha value is -0.840. The molecule has 1 heterocycles. The molecule has 1 aliphatic heterocycles. The van der Waals surface area contributed by atoms with Gasteiger partial charge in [0.2, 0.25) is 0 Å². The summed E-state index contributed by atoms with van der Waals surface area (Å²) < 4.78 is 16.5. The van der Waals surface area contributed by atoms with E-state index in [1.165, 1.54) is 0 Å². The van der Waals surface area contributed by atoms with E-state index < -0.39 is 0 Å². The summed E-state index contributed by atoms with van der Waals surface area (Å²) in [7, 11) is 0. The molecular weight excluding hydrogens is 370 g/mol. The summed E-state index contributed by atoms with van der Waals surface area (Å²) in [6.45, 7) is 0.895. The van der Waals surface area contributed by atoms with Gasteiger partial charge in [-0.3, -0.25) is 0 Å². The molecule has 0 amide bonds. The number of hydrogen-bond acceptors (Lipinski definition) is 3. The van der Waals surface area contributed by atoms with Gasteiger partial charge in [0.15, 0.2) is 6.79 Å². The average Bonchev–Trinajstić information content (AvgIpc) is 2.49. The SMILES string of the molecule is Clc1cc2c(c(COc3cc(Cl)c(Cl)cc3Cl)c1)OCOC2. The highest BCUT2D eigenvalue weighted by Gasteiger charge is 2.17. The maximum absolute atomic E-state index is 6.11. The van der Waals surface area contributed by atoms with Crippen LogP contribution in [0.2, 0.25) is 20.1 Å². The number of hydrogen-bond donors (Lipinski definition) is 0. The largest absolute Gasteiger partial charge is 0.487 e. The minimum atomic E-state index is 0.204. The van der Waals surface area contributed by atoms with E-state index in [9.17, 15) is 0 Å². The molecule has 0 aliphatic carbocycles. The van der Waals surface area contributed by atoms with E-state index in [1.807, 2.05) is 6.07 Å². The van der Waals surface area contributed by atoms with E-state index >= 15 is 0 Å². The van der Waals surface area contributed by atoms with Crippen molar-refractivity contribution in [3.05, 3.63) is 55.5 Å². The molecule has 0 aromatic heterocycles. The molecule has 0 radical (unpaired) electrons. The lowest BCUT2D eigenvalue weighted by atomic mass is 10.1. The average molecular weight is 380 g/mol. The standard InChI is InChI=1S/C15H10Cl4O3/c16-10-1-8-5-20-7-22-15(8)9(2-10)6-21-14-4-12(18)11(17)3-13(14)19/h1-4H,5-7H2. The zero-order chi connectivity index (χ0) is 15.7. The fourth-order valence-corrected chi connectivity index (χ4v) is 2.99. The second kappa shape index (κ2) is 6.73. The van der Waals surface area contributed by atoms with E-state index in [2.05, 4.69) is 0 Å². The third-order valence-electron chi connectivity index (χ3n) is 3.11. The molecule has 3 rings (SSSR count). The van der Waals surface area contributed by atoms with Gasteiger partial charge in [-0.25, -0.2) is 0 Å². The molecule has 0 N–H and O–H groups in total. The van der Waals surface area contributed by atoms with Gasteiger partial charge in [-0.15, -0.1) is 0 Å². The topological polar surface area (TPSA) is 27.7 Å². The summed E-state index contributed by atoms with van der Waals surface area (Å²) in [5.74, 6) is 1.17. The van der Waals surface area contributed by atoms with Crippen LogP contribution in [-0.2, 0) is 18.0 Å². The summed E-state index contributed by atoms with van der Waals surface area (Å²) in [5.41, 5.74) is 1.70. The molecule has 0 saturated heterocycles. The van der Waals surface area contributed by atoms with Crippen molar-refractivity contribution in [3.8, 4) is 11.5 Å². The molecule has 1 aliphatic rings. The Morgan fingerprint density at radius 1 is 0.955 bits per heavy atom. The van der Waals surface area contributed by atoms with Crippen LogP contribution in [0.1, 0.15) is 11.1 Å². The van der Waals surface area contributed by atoms with Gasteiger partial charge < -0.3 is 14.2 Å². The quantitative estimate of drug-likeness (QED) is 0.636. The van der Waals surface area contributed by atoms with Crippen molar-refractivity contribution in [3.63, 3.8) is 0 Å². The Morgan fingerprint density at radius 3 is 2.55 bits per heavy atom. The van der Waals surface area contributed by atoms with E-state index in [-0.39, 0.29) is 13.4 Å². The van der Waals surface area contributed by atoms with Gasteiger partial charge >= 0.3 is 0 Å². The molecule has 116 valence electrons. The van der Waals surface area contributed by atoms with Crippen LogP contribution in [0.4, 0.5) is 0 Å². The molecule has 22 heavy (non-hydrogen) atoms. The molecule has 2 aromatic rings. The second-order valence-corrected chi connectivity index (χ2v) is 6.31. The van der Waals surface area contributed by atoms with Gasteiger partial charge in [0.1, 0.15) is 18.1 Å². The van der Waals surface area contributed by atoms with Crippen molar-refractivity contribution in [2.24, 2.45) is 0 Å². The Morgan fingerprint density at radius 2 is 1.73 bits per heavy atom. The van der Waals surface area contributed by atoms with Gasteiger partial charge in [0.05, 0.1) is 21.7 Å². The van der Waals surface area contributed by atoms with Crippen LogP contribution >= 0.6 is 46.4 Å².